The van der Waals surface area contributed by atoms with Crippen LogP contribution in [0.4, 0.5) is 4.79 Å². The second-order valence-corrected chi connectivity index (χ2v) is 10.5. The Hall–Kier alpha value is -3.40. The third-order valence-electron chi connectivity index (χ3n) is 5.60. The van der Waals surface area contributed by atoms with Gasteiger partial charge in [0.1, 0.15) is 22.5 Å². The van der Waals surface area contributed by atoms with E-state index in [-0.39, 0.29) is 44.1 Å². The molecule has 3 N–H and O–H groups in total. The standard InChI is InChI=1S/C24H28N2O7S/c1-34(31,32)14-12-21(23(29)25-13-6-11-22(27)28)26-24(30)33-15-20-18-9-4-2-7-16(18)17-8-3-5-10-19(17)20/h2-5,7-10,20-21H,6,11-15H2,1H3,(H,25,29)(H,26,30)(H,27,28). The van der Waals surface area contributed by atoms with Crippen LogP contribution in [0.15, 0.2) is 48.5 Å². The molecule has 0 saturated carbocycles. The van der Waals surface area contributed by atoms with Crippen LogP contribution in [0.3, 0.4) is 0 Å². The van der Waals surface area contributed by atoms with Crippen molar-refractivity contribution in [2.75, 3.05) is 25.2 Å². The first-order valence-electron chi connectivity index (χ1n) is 10.9. The largest absolute Gasteiger partial charge is 0.481 e. The number of ether oxygens (including phenoxy) is 1. The van der Waals surface area contributed by atoms with E-state index in [1.807, 2.05) is 48.5 Å². The number of nitrogens with one attached hydrogen (secondary N) is 2. The van der Waals surface area contributed by atoms with Crippen molar-refractivity contribution in [2.24, 2.45) is 0 Å². The first-order valence-corrected chi connectivity index (χ1v) is 13.0. The van der Waals surface area contributed by atoms with E-state index in [4.69, 9.17) is 9.84 Å². The second kappa shape index (κ2) is 11.1. The van der Waals surface area contributed by atoms with Gasteiger partial charge in [0.15, 0.2) is 0 Å². The summed E-state index contributed by atoms with van der Waals surface area (Å²) >= 11 is 0. The Morgan fingerprint density at radius 2 is 1.62 bits per heavy atom. The quantitative estimate of drug-likeness (QED) is 0.413. The molecule has 2 aromatic carbocycles. The summed E-state index contributed by atoms with van der Waals surface area (Å²) in [6.07, 6.45) is 0.176. The smallest absolute Gasteiger partial charge is 0.407 e. The molecule has 1 aliphatic rings. The molecule has 3 rings (SSSR count). The summed E-state index contributed by atoms with van der Waals surface area (Å²) in [4.78, 5) is 35.7. The number of rotatable bonds is 11. The molecule has 1 aliphatic carbocycles. The SMILES string of the molecule is CS(=O)(=O)CCC(NC(=O)OCC1c2ccccc2-c2ccccc21)C(=O)NCCCC(=O)O. The zero-order chi connectivity index (χ0) is 24.7. The third-order valence-corrected chi connectivity index (χ3v) is 6.57. The predicted molar refractivity (Wildman–Crippen MR) is 126 cm³/mol. The van der Waals surface area contributed by atoms with Crippen LogP contribution < -0.4 is 10.6 Å². The molecule has 0 saturated heterocycles. The Balaban J connectivity index is 1.62. The van der Waals surface area contributed by atoms with Crippen molar-refractivity contribution in [2.45, 2.75) is 31.2 Å². The van der Waals surface area contributed by atoms with Crippen LogP contribution in [0, 0.1) is 0 Å². The van der Waals surface area contributed by atoms with Crippen molar-refractivity contribution >= 4 is 27.8 Å². The molecule has 0 bridgehead atoms. The molecule has 10 heteroatoms. The molecule has 0 spiro atoms. The Morgan fingerprint density at radius 1 is 1.03 bits per heavy atom. The third kappa shape index (κ3) is 6.80. The van der Waals surface area contributed by atoms with Crippen LogP contribution in [0.1, 0.15) is 36.3 Å². The van der Waals surface area contributed by atoms with Crippen LogP contribution in [-0.2, 0) is 24.2 Å². The summed E-state index contributed by atoms with van der Waals surface area (Å²) in [6.45, 7) is 0.145. The van der Waals surface area contributed by atoms with Crippen LogP contribution in [-0.4, -0.2) is 62.7 Å². The highest BCUT2D eigenvalue weighted by Crippen LogP contribution is 2.44. The predicted octanol–water partition coefficient (Wildman–Crippen LogP) is 2.31. The molecule has 0 aliphatic heterocycles. The number of hydrogen-bond acceptors (Lipinski definition) is 6. The Bertz CT molecular complexity index is 1120. The van der Waals surface area contributed by atoms with E-state index in [1.54, 1.807) is 0 Å². The summed E-state index contributed by atoms with van der Waals surface area (Å²) in [5, 5.41) is 13.7. The molecule has 2 aromatic rings. The van der Waals surface area contributed by atoms with Gasteiger partial charge in [-0.1, -0.05) is 48.5 Å². The lowest BCUT2D eigenvalue weighted by Crippen LogP contribution is -2.48. The number of aliphatic carboxylic acids is 1. The highest BCUT2D eigenvalue weighted by Gasteiger charge is 2.30. The Morgan fingerprint density at radius 3 is 2.18 bits per heavy atom. The van der Waals surface area contributed by atoms with E-state index in [0.29, 0.717) is 0 Å². The van der Waals surface area contributed by atoms with E-state index in [0.717, 1.165) is 28.5 Å². The molecular formula is C24H28N2O7S. The van der Waals surface area contributed by atoms with E-state index in [2.05, 4.69) is 10.6 Å². The monoisotopic (exact) mass is 488 g/mol. The minimum Gasteiger partial charge on any atom is -0.481 e. The number of carbonyl (C=O) groups is 3. The van der Waals surface area contributed by atoms with Gasteiger partial charge in [-0.15, -0.1) is 0 Å². The van der Waals surface area contributed by atoms with Gasteiger partial charge in [-0.25, -0.2) is 13.2 Å². The molecular weight excluding hydrogens is 460 g/mol. The number of hydrogen-bond donors (Lipinski definition) is 3. The first kappa shape index (κ1) is 25.2. The Labute approximate surface area is 198 Å². The van der Waals surface area contributed by atoms with Gasteiger partial charge in [-0.3, -0.25) is 9.59 Å². The van der Waals surface area contributed by atoms with E-state index in [9.17, 15) is 22.8 Å². The van der Waals surface area contributed by atoms with Gasteiger partial charge in [0, 0.05) is 25.1 Å². The van der Waals surface area contributed by atoms with Gasteiger partial charge < -0.3 is 20.5 Å². The minimum atomic E-state index is -3.37. The van der Waals surface area contributed by atoms with E-state index < -0.39 is 33.8 Å². The van der Waals surface area contributed by atoms with Gasteiger partial charge in [0.25, 0.3) is 0 Å². The number of sulfone groups is 1. The van der Waals surface area contributed by atoms with Crippen molar-refractivity contribution in [3.8, 4) is 11.1 Å². The molecule has 0 fully saturated rings. The van der Waals surface area contributed by atoms with Gasteiger partial charge in [-0.05, 0) is 35.1 Å². The summed E-state index contributed by atoms with van der Waals surface area (Å²) in [5.74, 6) is -2.04. The maximum Gasteiger partial charge on any atom is 0.407 e. The summed E-state index contributed by atoms with van der Waals surface area (Å²) in [5.41, 5.74) is 4.25. The zero-order valence-electron chi connectivity index (χ0n) is 18.8. The highest BCUT2D eigenvalue weighted by atomic mass is 32.2. The summed E-state index contributed by atoms with van der Waals surface area (Å²) in [7, 11) is -3.37. The fourth-order valence-corrected chi connectivity index (χ4v) is 4.62. The number of alkyl carbamates (subject to hydrolysis) is 1. The normalized spacial score (nSPS) is 13.4. The minimum absolute atomic E-state index is 0.0545. The van der Waals surface area contributed by atoms with Crippen LogP contribution in [0.2, 0.25) is 0 Å². The number of fused-ring (bicyclic) bond motifs is 3. The van der Waals surface area contributed by atoms with Crippen molar-refractivity contribution in [1.29, 1.82) is 0 Å². The lowest BCUT2D eigenvalue weighted by Gasteiger charge is -2.19. The molecule has 34 heavy (non-hydrogen) atoms. The van der Waals surface area contributed by atoms with Crippen molar-refractivity contribution in [3.63, 3.8) is 0 Å². The van der Waals surface area contributed by atoms with Gasteiger partial charge in [0.05, 0.1) is 5.75 Å². The van der Waals surface area contributed by atoms with Crippen LogP contribution in [0.25, 0.3) is 11.1 Å². The molecule has 0 radical (unpaired) electrons. The molecule has 182 valence electrons. The average Bonchev–Trinajstić information content (AvgIpc) is 3.11. The number of benzene rings is 2. The maximum absolute atomic E-state index is 12.5. The molecule has 9 nitrogen and oxygen atoms in total. The highest BCUT2D eigenvalue weighted by molar-refractivity contribution is 7.90. The Kier molecular flexibility index (Phi) is 8.27. The molecule has 2 amide bonds. The molecule has 0 aromatic heterocycles. The van der Waals surface area contributed by atoms with Crippen molar-refractivity contribution in [1.82, 2.24) is 10.6 Å². The van der Waals surface area contributed by atoms with Gasteiger partial charge >= 0.3 is 12.1 Å². The van der Waals surface area contributed by atoms with Gasteiger partial charge in [0.2, 0.25) is 5.91 Å². The number of carboxylic acid groups (broad SMARTS) is 1. The lowest BCUT2D eigenvalue weighted by atomic mass is 9.98. The van der Waals surface area contributed by atoms with E-state index in [1.165, 1.54) is 0 Å². The fraction of sp³-hybridized carbons (Fsp3) is 0.375. The lowest BCUT2D eigenvalue weighted by molar-refractivity contribution is -0.137. The number of carboxylic acids is 1. The summed E-state index contributed by atoms with van der Waals surface area (Å²) < 4.78 is 28.6. The zero-order valence-corrected chi connectivity index (χ0v) is 19.6. The summed E-state index contributed by atoms with van der Waals surface area (Å²) in [6, 6.07) is 14.6. The van der Waals surface area contributed by atoms with Gasteiger partial charge in [-0.2, -0.15) is 0 Å². The second-order valence-electron chi connectivity index (χ2n) is 8.23. The van der Waals surface area contributed by atoms with Crippen molar-refractivity contribution < 1.29 is 32.6 Å². The molecule has 0 heterocycles. The average molecular weight is 489 g/mol. The topological polar surface area (TPSA) is 139 Å². The first-order chi connectivity index (χ1) is 16.2. The number of carbonyl (C=O) groups excluding carboxylic acids is 2. The maximum atomic E-state index is 12.5. The molecule has 1 atom stereocenters. The fourth-order valence-electron chi connectivity index (χ4n) is 3.96. The van der Waals surface area contributed by atoms with Crippen LogP contribution in [0.5, 0.6) is 0 Å². The molecule has 1 unspecified atom stereocenters. The van der Waals surface area contributed by atoms with E-state index >= 15 is 0 Å². The number of amides is 2. The van der Waals surface area contributed by atoms with Crippen molar-refractivity contribution in [3.05, 3.63) is 59.7 Å². The van der Waals surface area contributed by atoms with Crippen LogP contribution >= 0.6 is 0 Å².